The number of benzene rings is 1. The first-order valence-electron chi connectivity index (χ1n) is 7.56. The molecule has 0 radical (unpaired) electrons. The zero-order chi connectivity index (χ0) is 19.1. The third kappa shape index (κ3) is 3.72. The molecule has 138 valence electrons. The fourth-order valence-corrected chi connectivity index (χ4v) is 3.20. The van der Waals surface area contributed by atoms with Gasteiger partial charge in [-0.1, -0.05) is 24.3 Å². The van der Waals surface area contributed by atoms with E-state index in [1.54, 1.807) is 0 Å². The Balaban J connectivity index is 2.11. The van der Waals surface area contributed by atoms with Crippen LogP contribution in [0.2, 0.25) is 0 Å². The molecule has 9 heteroatoms. The number of aromatic nitrogens is 2. The van der Waals surface area contributed by atoms with E-state index in [4.69, 9.17) is 0 Å². The van der Waals surface area contributed by atoms with Gasteiger partial charge in [0.25, 0.3) is 0 Å². The van der Waals surface area contributed by atoms with Crippen LogP contribution in [0.5, 0.6) is 0 Å². The number of H-pyrrole nitrogens is 1. The second kappa shape index (κ2) is 6.39. The Kier molecular flexibility index (Phi) is 4.51. The van der Waals surface area contributed by atoms with E-state index in [0.717, 1.165) is 6.26 Å². The molecule has 0 saturated heterocycles. The topological polar surface area (TPSA) is 62.8 Å². The van der Waals surface area contributed by atoms with E-state index in [0.29, 0.717) is 11.1 Å². The average Bonchev–Trinajstić information content (AvgIpc) is 3.00. The van der Waals surface area contributed by atoms with Crippen molar-refractivity contribution in [2.24, 2.45) is 0 Å². The summed E-state index contributed by atoms with van der Waals surface area (Å²) >= 11 is 0. The molecule has 1 aromatic heterocycles. The van der Waals surface area contributed by atoms with E-state index in [2.05, 4.69) is 9.97 Å². The minimum atomic E-state index is -4.68. The van der Waals surface area contributed by atoms with Crippen LogP contribution in [0.3, 0.4) is 0 Å². The molecular weight excluding hydrogens is 372 g/mol. The Hall–Kier alpha value is -2.42. The Morgan fingerprint density at radius 1 is 1.19 bits per heavy atom. The predicted octanol–water partition coefficient (Wildman–Crippen LogP) is 4.18. The lowest BCUT2D eigenvalue weighted by molar-refractivity contribution is -0.144. The van der Waals surface area contributed by atoms with Crippen LogP contribution < -0.4 is 0 Å². The summed E-state index contributed by atoms with van der Waals surface area (Å²) < 4.78 is 75.6. The van der Waals surface area contributed by atoms with Crippen molar-refractivity contribution in [2.75, 3.05) is 6.26 Å². The largest absolute Gasteiger partial charge is 0.449 e. The summed E-state index contributed by atoms with van der Waals surface area (Å²) in [7, 11) is -3.43. The molecule has 0 spiro atoms. The minimum Gasteiger partial charge on any atom is -0.334 e. The lowest BCUT2D eigenvalue weighted by Gasteiger charge is -2.10. The van der Waals surface area contributed by atoms with E-state index in [1.807, 2.05) is 0 Å². The molecule has 1 N–H and O–H groups in total. The van der Waals surface area contributed by atoms with Crippen LogP contribution >= 0.6 is 0 Å². The molecular formula is C17H14F4N2O2S. The van der Waals surface area contributed by atoms with Crippen molar-refractivity contribution >= 4 is 15.4 Å². The zero-order valence-corrected chi connectivity index (χ0v) is 14.3. The summed E-state index contributed by atoms with van der Waals surface area (Å²) in [6, 6.07) is 5.39. The quantitative estimate of drug-likeness (QED) is 0.805. The van der Waals surface area contributed by atoms with E-state index >= 15 is 0 Å². The highest BCUT2D eigenvalue weighted by atomic mass is 32.2. The molecule has 1 atom stereocenters. The molecule has 4 nitrogen and oxygen atoms in total. The maximum absolute atomic E-state index is 13.3. The third-order valence-corrected chi connectivity index (χ3v) is 4.99. The van der Waals surface area contributed by atoms with Gasteiger partial charge in [0, 0.05) is 18.2 Å². The summed E-state index contributed by atoms with van der Waals surface area (Å²) in [5, 5.41) is 0. The van der Waals surface area contributed by atoms with Crippen LogP contribution in [0.1, 0.15) is 17.9 Å². The van der Waals surface area contributed by atoms with Crippen molar-refractivity contribution in [3.63, 3.8) is 0 Å². The van der Waals surface area contributed by atoms with Crippen LogP contribution in [0.15, 0.2) is 47.4 Å². The number of imidazole rings is 1. The lowest BCUT2D eigenvalue weighted by atomic mass is 9.99. The molecule has 0 aliphatic heterocycles. The number of halogens is 4. The van der Waals surface area contributed by atoms with Crippen molar-refractivity contribution in [3.8, 4) is 11.3 Å². The Labute approximate surface area is 147 Å². The van der Waals surface area contributed by atoms with Gasteiger partial charge in [0.15, 0.2) is 9.84 Å². The van der Waals surface area contributed by atoms with Gasteiger partial charge in [-0.2, -0.15) is 13.2 Å². The summed E-state index contributed by atoms with van der Waals surface area (Å²) in [4.78, 5) is 5.94. The van der Waals surface area contributed by atoms with Gasteiger partial charge in [0.05, 0.1) is 16.3 Å². The van der Waals surface area contributed by atoms with Gasteiger partial charge in [-0.25, -0.2) is 17.8 Å². The molecule has 1 aromatic carbocycles. The fourth-order valence-electron chi connectivity index (χ4n) is 2.56. The summed E-state index contributed by atoms with van der Waals surface area (Å²) in [5.74, 6) is -1.17. The van der Waals surface area contributed by atoms with Gasteiger partial charge in [0.1, 0.15) is 6.17 Å². The number of aromatic amines is 1. The number of nitrogens with one attached hydrogen (secondary N) is 1. The van der Waals surface area contributed by atoms with Crippen LogP contribution in [0, 0.1) is 0 Å². The fraction of sp³-hybridized carbons (Fsp3) is 0.235. The molecule has 0 saturated carbocycles. The molecule has 1 aliphatic carbocycles. The monoisotopic (exact) mass is 386 g/mol. The van der Waals surface area contributed by atoms with Gasteiger partial charge >= 0.3 is 6.18 Å². The number of alkyl halides is 4. The van der Waals surface area contributed by atoms with Gasteiger partial charge in [0.2, 0.25) is 5.82 Å². The first-order chi connectivity index (χ1) is 12.1. The second-order valence-corrected chi connectivity index (χ2v) is 7.89. The van der Waals surface area contributed by atoms with Crippen molar-refractivity contribution in [3.05, 3.63) is 54.0 Å². The van der Waals surface area contributed by atoms with Crippen LogP contribution in [-0.4, -0.2) is 30.8 Å². The molecule has 0 fully saturated rings. The normalized spacial score (nSPS) is 18.0. The van der Waals surface area contributed by atoms with Crippen LogP contribution in [0.25, 0.3) is 16.8 Å². The maximum atomic E-state index is 13.3. The Bertz CT molecular complexity index is 987. The Morgan fingerprint density at radius 2 is 1.85 bits per heavy atom. The summed E-state index contributed by atoms with van der Waals surface area (Å²) in [6.45, 7) is 0. The van der Waals surface area contributed by atoms with Crippen molar-refractivity contribution in [1.29, 1.82) is 0 Å². The maximum Gasteiger partial charge on any atom is 0.449 e. The first-order valence-corrected chi connectivity index (χ1v) is 9.45. The predicted molar refractivity (Wildman–Crippen MR) is 88.8 cm³/mol. The highest BCUT2D eigenvalue weighted by Crippen LogP contribution is 2.35. The average molecular weight is 386 g/mol. The number of hydrogen-bond donors (Lipinski definition) is 1. The van der Waals surface area contributed by atoms with Crippen molar-refractivity contribution in [1.82, 2.24) is 9.97 Å². The van der Waals surface area contributed by atoms with Crippen LogP contribution in [-0.2, 0) is 16.0 Å². The zero-order valence-electron chi connectivity index (χ0n) is 13.5. The number of rotatable bonds is 3. The SMILES string of the molecule is CS(=O)(=O)c1ccc(-c2nc(C(F)(F)F)[nH]c2C2=CCC(F)C=C2)cc1. The number of sulfone groups is 1. The standard InChI is InChI=1S/C17H14F4N2O2S/c1-26(24,25)13-8-4-11(5-9-13)15-14(10-2-6-12(18)7-3-10)22-16(23-15)17(19,20)21/h2-6,8-9,12H,7H2,1H3,(H,22,23). The molecule has 26 heavy (non-hydrogen) atoms. The second-order valence-electron chi connectivity index (χ2n) is 5.87. The molecule has 0 bridgehead atoms. The van der Waals surface area contributed by atoms with Crippen LogP contribution in [0.4, 0.5) is 17.6 Å². The summed E-state index contributed by atoms with van der Waals surface area (Å²) in [6.07, 6.45) is -0.612. The molecule has 1 heterocycles. The molecule has 0 amide bonds. The van der Waals surface area contributed by atoms with E-state index in [9.17, 15) is 26.0 Å². The molecule has 2 aromatic rings. The lowest BCUT2D eigenvalue weighted by Crippen LogP contribution is -2.07. The van der Waals surface area contributed by atoms with Crippen molar-refractivity contribution < 1.29 is 26.0 Å². The van der Waals surface area contributed by atoms with E-state index in [-0.39, 0.29) is 22.7 Å². The number of hydrogen-bond acceptors (Lipinski definition) is 3. The highest BCUT2D eigenvalue weighted by molar-refractivity contribution is 7.90. The van der Waals surface area contributed by atoms with Gasteiger partial charge in [-0.15, -0.1) is 0 Å². The third-order valence-electron chi connectivity index (χ3n) is 3.86. The number of nitrogens with zero attached hydrogens (tertiary/aromatic N) is 1. The molecule has 1 aliphatic rings. The van der Waals surface area contributed by atoms with Gasteiger partial charge in [-0.3, -0.25) is 0 Å². The van der Waals surface area contributed by atoms with Gasteiger partial charge in [-0.05, 0) is 23.8 Å². The number of allylic oxidation sites excluding steroid dienone is 4. The molecule has 3 rings (SSSR count). The first kappa shape index (κ1) is 18.4. The smallest absolute Gasteiger partial charge is 0.334 e. The van der Waals surface area contributed by atoms with Gasteiger partial charge < -0.3 is 4.98 Å². The Morgan fingerprint density at radius 3 is 2.35 bits per heavy atom. The molecule has 1 unspecified atom stereocenters. The minimum absolute atomic E-state index is 0.0191. The summed E-state index contributed by atoms with van der Waals surface area (Å²) in [5.41, 5.74) is 0.832. The van der Waals surface area contributed by atoms with E-state index in [1.165, 1.54) is 42.5 Å². The highest BCUT2D eigenvalue weighted by Gasteiger charge is 2.36. The van der Waals surface area contributed by atoms with E-state index < -0.39 is 28.0 Å². The van der Waals surface area contributed by atoms with Crippen molar-refractivity contribution in [2.45, 2.75) is 23.7 Å².